The molecule has 9 heteroatoms. The number of thioether (sulfide) groups is 1. The summed E-state index contributed by atoms with van der Waals surface area (Å²) in [6, 6.07) is 7.44. The Labute approximate surface area is 132 Å². The number of nitrogens with zero attached hydrogens (tertiary/aromatic N) is 2. The second-order valence-corrected chi connectivity index (χ2v) is 5.67. The van der Waals surface area contributed by atoms with Gasteiger partial charge in [0.1, 0.15) is 0 Å². The molecule has 0 spiro atoms. The maximum Gasteiger partial charge on any atom is 0.277 e. The number of primary amides is 1. The molecule has 1 aromatic carbocycles. The lowest BCUT2D eigenvalue weighted by Gasteiger charge is -2.00. The first-order valence-electron chi connectivity index (χ1n) is 5.82. The minimum Gasteiger partial charge on any atom is -0.411 e. The Morgan fingerprint density at radius 3 is 2.81 bits per heavy atom. The lowest BCUT2D eigenvalue weighted by atomic mass is 10.2. The highest BCUT2D eigenvalue weighted by Gasteiger charge is 2.13. The molecule has 0 fully saturated rings. The predicted octanol–water partition coefficient (Wildman–Crippen LogP) is 1.19. The van der Waals surface area contributed by atoms with Crippen molar-refractivity contribution < 1.29 is 14.0 Å². The third-order valence-electron chi connectivity index (χ3n) is 2.30. The van der Waals surface area contributed by atoms with Crippen LogP contribution in [0.15, 0.2) is 38.4 Å². The van der Waals surface area contributed by atoms with E-state index in [1.165, 1.54) is 0 Å². The van der Waals surface area contributed by atoms with Crippen LogP contribution in [0.4, 0.5) is 0 Å². The number of halogens is 1. The van der Waals surface area contributed by atoms with Gasteiger partial charge in [-0.05, 0) is 28.1 Å². The molecule has 0 saturated heterocycles. The maximum atomic E-state index is 11.4. The molecule has 0 saturated carbocycles. The van der Waals surface area contributed by atoms with E-state index in [4.69, 9.17) is 10.2 Å². The fourth-order valence-corrected chi connectivity index (χ4v) is 2.42. The smallest absolute Gasteiger partial charge is 0.277 e. The normalized spacial score (nSPS) is 10.3. The van der Waals surface area contributed by atoms with Crippen LogP contribution < -0.4 is 11.1 Å². The number of nitrogens with two attached hydrogens (primary N) is 1. The van der Waals surface area contributed by atoms with E-state index in [1.54, 1.807) is 0 Å². The first kappa shape index (κ1) is 15.5. The van der Waals surface area contributed by atoms with E-state index in [-0.39, 0.29) is 23.4 Å². The molecular formula is C12H11BrN4O3S. The standard InChI is InChI=1S/C12H11BrN4O3S/c13-8-4-2-1-3-7(8)11-16-17-12(20-11)21-6-10(19)15-5-9(14)18/h1-4H,5-6H2,(H2,14,18)(H,15,19). The van der Waals surface area contributed by atoms with Crippen molar-refractivity contribution in [3.05, 3.63) is 28.7 Å². The van der Waals surface area contributed by atoms with Gasteiger partial charge in [0.05, 0.1) is 17.9 Å². The highest BCUT2D eigenvalue weighted by molar-refractivity contribution is 9.10. The van der Waals surface area contributed by atoms with E-state index in [0.29, 0.717) is 5.89 Å². The molecule has 1 heterocycles. The van der Waals surface area contributed by atoms with Crippen molar-refractivity contribution in [2.24, 2.45) is 5.73 Å². The van der Waals surface area contributed by atoms with Gasteiger partial charge in [-0.25, -0.2) is 0 Å². The Morgan fingerprint density at radius 2 is 2.10 bits per heavy atom. The van der Waals surface area contributed by atoms with Crippen LogP contribution in [-0.4, -0.2) is 34.3 Å². The second kappa shape index (κ2) is 7.23. The van der Waals surface area contributed by atoms with E-state index in [1.807, 2.05) is 24.3 Å². The van der Waals surface area contributed by atoms with Crippen LogP contribution >= 0.6 is 27.7 Å². The van der Waals surface area contributed by atoms with Crippen LogP contribution in [0.5, 0.6) is 0 Å². The van der Waals surface area contributed by atoms with Gasteiger partial charge in [-0.15, -0.1) is 10.2 Å². The van der Waals surface area contributed by atoms with Gasteiger partial charge in [0.25, 0.3) is 5.22 Å². The van der Waals surface area contributed by atoms with Crippen molar-refractivity contribution in [1.82, 2.24) is 15.5 Å². The highest BCUT2D eigenvalue weighted by atomic mass is 79.9. The number of benzene rings is 1. The Bertz CT molecular complexity index is 661. The van der Waals surface area contributed by atoms with Gasteiger partial charge in [0, 0.05) is 4.47 Å². The minimum absolute atomic E-state index is 0.0604. The van der Waals surface area contributed by atoms with Gasteiger partial charge < -0.3 is 15.5 Å². The van der Waals surface area contributed by atoms with Gasteiger partial charge in [-0.1, -0.05) is 23.9 Å². The average Bonchev–Trinajstić information content (AvgIpc) is 2.92. The summed E-state index contributed by atoms with van der Waals surface area (Å²) >= 11 is 4.48. The van der Waals surface area contributed by atoms with Gasteiger partial charge in [-0.3, -0.25) is 9.59 Å². The van der Waals surface area contributed by atoms with Crippen molar-refractivity contribution in [3.63, 3.8) is 0 Å². The summed E-state index contributed by atoms with van der Waals surface area (Å²) in [7, 11) is 0. The zero-order valence-corrected chi connectivity index (χ0v) is 13.1. The van der Waals surface area contributed by atoms with Crippen LogP contribution in [0.3, 0.4) is 0 Å². The molecule has 0 atom stereocenters. The first-order valence-corrected chi connectivity index (χ1v) is 7.60. The van der Waals surface area contributed by atoms with Crippen LogP contribution in [0.2, 0.25) is 0 Å². The fraction of sp³-hybridized carbons (Fsp3) is 0.167. The van der Waals surface area contributed by atoms with Gasteiger partial charge >= 0.3 is 0 Å². The number of rotatable bonds is 6. The van der Waals surface area contributed by atoms with Gasteiger partial charge in [-0.2, -0.15) is 0 Å². The van der Waals surface area contributed by atoms with Crippen molar-refractivity contribution in [3.8, 4) is 11.5 Å². The molecule has 0 aliphatic heterocycles. The number of hydrogen-bond donors (Lipinski definition) is 2. The zero-order chi connectivity index (χ0) is 15.2. The van der Waals surface area contributed by atoms with Crippen LogP contribution in [0.1, 0.15) is 0 Å². The van der Waals surface area contributed by atoms with E-state index < -0.39 is 5.91 Å². The van der Waals surface area contributed by atoms with Crippen LogP contribution in [0.25, 0.3) is 11.5 Å². The molecule has 0 radical (unpaired) electrons. The molecule has 21 heavy (non-hydrogen) atoms. The van der Waals surface area contributed by atoms with Crippen LogP contribution in [-0.2, 0) is 9.59 Å². The number of nitrogens with one attached hydrogen (secondary N) is 1. The molecule has 3 N–H and O–H groups in total. The molecule has 2 aromatic rings. The average molecular weight is 371 g/mol. The Morgan fingerprint density at radius 1 is 1.33 bits per heavy atom. The Balaban J connectivity index is 1.93. The molecule has 0 bridgehead atoms. The van der Waals surface area contributed by atoms with Crippen molar-refractivity contribution in [1.29, 1.82) is 0 Å². The van der Waals surface area contributed by atoms with E-state index >= 15 is 0 Å². The zero-order valence-electron chi connectivity index (χ0n) is 10.7. The summed E-state index contributed by atoms with van der Waals surface area (Å²) in [5.41, 5.74) is 5.70. The molecule has 0 aliphatic carbocycles. The molecule has 7 nitrogen and oxygen atoms in total. The summed E-state index contributed by atoms with van der Waals surface area (Å²) in [5.74, 6) is -0.505. The molecule has 0 aliphatic rings. The van der Waals surface area contributed by atoms with E-state index in [2.05, 4.69) is 31.4 Å². The predicted molar refractivity (Wildman–Crippen MR) is 80.4 cm³/mol. The van der Waals surface area contributed by atoms with Crippen molar-refractivity contribution >= 4 is 39.5 Å². The number of hydrogen-bond acceptors (Lipinski definition) is 6. The number of aromatic nitrogens is 2. The largest absolute Gasteiger partial charge is 0.411 e. The first-order chi connectivity index (χ1) is 10.1. The maximum absolute atomic E-state index is 11.4. The fourth-order valence-electron chi connectivity index (χ4n) is 1.38. The summed E-state index contributed by atoms with van der Waals surface area (Å²) in [4.78, 5) is 21.9. The quantitative estimate of drug-likeness (QED) is 0.738. The lowest BCUT2D eigenvalue weighted by molar-refractivity contribution is -0.123. The summed E-state index contributed by atoms with van der Waals surface area (Å²) in [6.07, 6.45) is 0. The topological polar surface area (TPSA) is 111 Å². The second-order valence-electron chi connectivity index (χ2n) is 3.88. The monoisotopic (exact) mass is 370 g/mol. The Hall–Kier alpha value is -1.87. The van der Waals surface area contributed by atoms with Crippen LogP contribution in [0, 0.1) is 0 Å². The number of carbonyl (C=O) groups excluding carboxylic acids is 2. The van der Waals surface area contributed by atoms with Crippen molar-refractivity contribution in [2.45, 2.75) is 5.22 Å². The molecule has 2 rings (SSSR count). The molecule has 1 aromatic heterocycles. The number of amides is 2. The lowest BCUT2D eigenvalue weighted by Crippen LogP contribution is -2.34. The van der Waals surface area contributed by atoms with E-state index in [9.17, 15) is 9.59 Å². The minimum atomic E-state index is -0.595. The molecule has 0 unspecified atom stereocenters. The summed E-state index contributed by atoms with van der Waals surface area (Å²) in [6.45, 7) is -0.189. The number of carbonyl (C=O) groups is 2. The third kappa shape index (κ3) is 4.57. The SMILES string of the molecule is NC(=O)CNC(=O)CSc1nnc(-c2ccccc2Br)o1. The molecular weight excluding hydrogens is 360 g/mol. The summed E-state index contributed by atoms with van der Waals surface area (Å²) < 4.78 is 6.30. The van der Waals surface area contributed by atoms with E-state index in [0.717, 1.165) is 21.8 Å². The van der Waals surface area contributed by atoms with Crippen molar-refractivity contribution in [2.75, 3.05) is 12.3 Å². The third-order valence-corrected chi connectivity index (χ3v) is 3.81. The molecule has 110 valence electrons. The van der Waals surface area contributed by atoms with Gasteiger partial charge in [0.2, 0.25) is 17.7 Å². The highest BCUT2D eigenvalue weighted by Crippen LogP contribution is 2.28. The summed E-state index contributed by atoms with van der Waals surface area (Å²) in [5, 5.41) is 10.4. The Kier molecular flexibility index (Phi) is 5.34. The molecule has 2 amide bonds. The van der Waals surface area contributed by atoms with Gasteiger partial charge in [0.15, 0.2) is 0 Å².